The van der Waals surface area contributed by atoms with E-state index in [9.17, 15) is 19.2 Å². The third-order valence-corrected chi connectivity index (χ3v) is 7.70. The zero-order valence-electron chi connectivity index (χ0n) is 24.2. The number of carbonyl (C=O) groups is 4. The smallest absolute Gasteiger partial charge is 0.306 e. The van der Waals surface area contributed by atoms with Crippen molar-refractivity contribution in [2.24, 2.45) is 5.41 Å². The largest absolute Gasteiger partial charge is 0.465 e. The van der Waals surface area contributed by atoms with Crippen LogP contribution < -0.4 is 16.0 Å². The van der Waals surface area contributed by atoms with Gasteiger partial charge in [-0.05, 0) is 46.9 Å². The summed E-state index contributed by atoms with van der Waals surface area (Å²) in [4.78, 5) is 51.0. The second-order valence-electron chi connectivity index (χ2n) is 10.5. The Morgan fingerprint density at radius 1 is 0.674 bits per heavy atom. The van der Waals surface area contributed by atoms with Gasteiger partial charge < -0.3 is 20.7 Å². The molecule has 0 saturated carbocycles. The number of esters is 1. The Kier molecular flexibility index (Phi) is 12.4. The Labute approximate surface area is 253 Å². The molecule has 222 valence electrons. The molecule has 0 aliphatic heterocycles. The molecule has 0 saturated heterocycles. The summed E-state index contributed by atoms with van der Waals surface area (Å²) in [6.07, 6.45) is 16.6. The van der Waals surface area contributed by atoms with Gasteiger partial charge in [0, 0.05) is 25.2 Å². The molecule has 8 heteroatoms. The molecular weight excluding hydrogens is 542 g/mol. The molecule has 0 bridgehead atoms. The van der Waals surface area contributed by atoms with E-state index in [0.29, 0.717) is 0 Å². The molecule has 1 aliphatic carbocycles. The van der Waals surface area contributed by atoms with E-state index >= 15 is 0 Å². The second kappa shape index (κ2) is 16.4. The Morgan fingerprint density at radius 2 is 1.07 bits per heavy atom. The highest BCUT2D eigenvalue weighted by molar-refractivity contribution is 5.80. The van der Waals surface area contributed by atoms with Crippen LogP contribution in [-0.4, -0.2) is 49.9 Å². The zero-order valence-corrected chi connectivity index (χ0v) is 24.2. The number of ether oxygens (including phenoxy) is 1. The molecule has 3 N–H and O–H groups in total. The van der Waals surface area contributed by atoms with Gasteiger partial charge in [0.05, 0.1) is 26.1 Å². The van der Waals surface area contributed by atoms with Gasteiger partial charge in [-0.2, -0.15) is 0 Å². The fraction of sp³-hybridized carbons (Fsp3) is 0.371. The Bertz CT molecular complexity index is 1310. The summed E-state index contributed by atoms with van der Waals surface area (Å²) in [6.45, 7) is 0.348. The number of terminal acetylenes is 3. The summed E-state index contributed by atoms with van der Waals surface area (Å²) in [5.41, 5.74) is 3.51. The topological polar surface area (TPSA) is 114 Å². The van der Waals surface area contributed by atoms with Crippen LogP contribution in [0.25, 0.3) is 11.1 Å². The second-order valence-corrected chi connectivity index (χ2v) is 10.5. The van der Waals surface area contributed by atoms with E-state index in [2.05, 4.69) is 45.8 Å². The van der Waals surface area contributed by atoms with Gasteiger partial charge in [-0.15, -0.1) is 19.3 Å². The number of hydrogen-bond donors (Lipinski definition) is 3. The zero-order chi connectivity index (χ0) is 31.1. The summed E-state index contributed by atoms with van der Waals surface area (Å²) < 4.78 is 5.89. The SMILES string of the molecule is C#CCNC(=O)CCC(CCC(=O)NCC#C)(CCC(=O)NCC#C)CC(=O)OCC1c2ccccc2-c2ccccc21. The highest BCUT2D eigenvalue weighted by Gasteiger charge is 2.36. The molecule has 1 aliphatic rings. The minimum Gasteiger partial charge on any atom is -0.465 e. The molecule has 3 rings (SSSR count). The molecule has 2 aromatic carbocycles. The van der Waals surface area contributed by atoms with Gasteiger partial charge in [0.1, 0.15) is 6.61 Å². The van der Waals surface area contributed by atoms with Crippen molar-refractivity contribution in [3.63, 3.8) is 0 Å². The van der Waals surface area contributed by atoms with Crippen LogP contribution in [0.4, 0.5) is 0 Å². The number of benzene rings is 2. The number of carbonyl (C=O) groups excluding carboxylic acids is 4. The van der Waals surface area contributed by atoms with Crippen molar-refractivity contribution in [1.82, 2.24) is 16.0 Å². The number of fused-ring (bicyclic) bond motifs is 3. The minimum atomic E-state index is -0.892. The average molecular weight is 580 g/mol. The van der Waals surface area contributed by atoms with Crippen LogP contribution in [0, 0.1) is 42.4 Å². The molecule has 0 aromatic heterocycles. The van der Waals surface area contributed by atoms with Crippen LogP contribution in [0.2, 0.25) is 0 Å². The van der Waals surface area contributed by atoms with Crippen molar-refractivity contribution >= 4 is 23.7 Å². The average Bonchev–Trinajstić information content (AvgIpc) is 3.34. The van der Waals surface area contributed by atoms with Crippen molar-refractivity contribution in [3.8, 4) is 48.2 Å². The molecule has 0 atom stereocenters. The molecule has 0 unspecified atom stereocenters. The third-order valence-electron chi connectivity index (χ3n) is 7.70. The maximum absolute atomic E-state index is 13.5. The maximum Gasteiger partial charge on any atom is 0.306 e. The first-order valence-electron chi connectivity index (χ1n) is 14.3. The summed E-state index contributed by atoms with van der Waals surface area (Å²) >= 11 is 0. The highest BCUT2D eigenvalue weighted by atomic mass is 16.5. The van der Waals surface area contributed by atoms with Crippen molar-refractivity contribution < 1.29 is 23.9 Å². The van der Waals surface area contributed by atoms with E-state index in [1.54, 1.807) is 0 Å². The Hall–Kier alpha value is -5.00. The summed E-state index contributed by atoms with van der Waals surface area (Å²) in [6, 6.07) is 16.1. The Balaban J connectivity index is 1.80. The van der Waals surface area contributed by atoms with Crippen LogP contribution in [0.5, 0.6) is 0 Å². The lowest BCUT2D eigenvalue weighted by molar-refractivity contribution is -0.148. The van der Waals surface area contributed by atoms with E-state index in [4.69, 9.17) is 24.0 Å². The van der Waals surface area contributed by atoms with Crippen molar-refractivity contribution in [2.75, 3.05) is 26.2 Å². The van der Waals surface area contributed by atoms with Gasteiger partial charge in [-0.3, -0.25) is 19.2 Å². The van der Waals surface area contributed by atoms with Crippen molar-refractivity contribution in [1.29, 1.82) is 0 Å². The highest BCUT2D eigenvalue weighted by Crippen LogP contribution is 2.45. The molecule has 0 spiro atoms. The summed E-state index contributed by atoms with van der Waals surface area (Å²) in [7, 11) is 0. The predicted octanol–water partition coefficient (Wildman–Crippen LogP) is 3.31. The molecule has 0 heterocycles. The van der Waals surface area contributed by atoms with E-state index in [-0.39, 0.29) is 94.8 Å². The van der Waals surface area contributed by atoms with Gasteiger partial charge >= 0.3 is 5.97 Å². The van der Waals surface area contributed by atoms with E-state index in [1.165, 1.54) is 0 Å². The molecule has 3 amide bonds. The third kappa shape index (κ3) is 9.52. The summed E-state index contributed by atoms with van der Waals surface area (Å²) in [5, 5.41) is 7.89. The molecule has 0 radical (unpaired) electrons. The molecular formula is C35H37N3O5. The van der Waals surface area contributed by atoms with Crippen LogP contribution in [-0.2, 0) is 23.9 Å². The lowest BCUT2D eigenvalue weighted by Gasteiger charge is -2.33. The first kappa shape index (κ1) is 32.5. The van der Waals surface area contributed by atoms with E-state index in [0.717, 1.165) is 22.3 Å². The van der Waals surface area contributed by atoms with E-state index < -0.39 is 11.4 Å². The van der Waals surface area contributed by atoms with Crippen LogP contribution in [0.3, 0.4) is 0 Å². The van der Waals surface area contributed by atoms with Crippen LogP contribution in [0.1, 0.15) is 62.0 Å². The van der Waals surface area contributed by atoms with Gasteiger partial charge in [-0.25, -0.2) is 0 Å². The molecule has 0 fully saturated rings. The number of rotatable bonds is 16. The fourth-order valence-electron chi connectivity index (χ4n) is 5.46. The number of hydrogen-bond acceptors (Lipinski definition) is 5. The lowest BCUT2D eigenvalue weighted by Crippen LogP contribution is -2.34. The van der Waals surface area contributed by atoms with Crippen molar-refractivity contribution in [3.05, 3.63) is 59.7 Å². The van der Waals surface area contributed by atoms with Crippen molar-refractivity contribution in [2.45, 2.75) is 50.9 Å². The normalized spacial score (nSPS) is 11.6. The maximum atomic E-state index is 13.5. The fourth-order valence-corrected chi connectivity index (χ4v) is 5.46. The van der Waals surface area contributed by atoms with E-state index in [1.807, 2.05) is 36.4 Å². The van der Waals surface area contributed by atoms with Gasteiger partial charge in [0.25, 0.3) is 0 Å². The number of amides is 3. The van der Waals surface area contributed by atoms with Crippen LogP contribution >= 0.6 is 0 Å². The summed E-state index contributed by atoms with van der Waals surface area (Å²) in [5.74, 6) is 5.62. The monoisotopic (exact) mass is 579 g/mol. The Morgan fingerprint density at radius 3 is 1.47 bits per heavy atom. The van der Waals surface area contributed by atoms with Crippen LogP contribution in [0.15, 0.2) is 48.5 Å². The standard InChI is InChI=1S/C35H37N3O5/c1-4-21-36-31(39)15-18-35(19-16-32(40)37-22-5-2,20-17-33(41)38-23-6-3)24-34(42)43-25-30-28-13-9-7-11-26(28)27-12-8-10-14-29(27)30/h1-3,7-14,30H,15-25H2,(H,36,39)(H,37,40)(H,38,41). The first-order chi connectivity index (χ1) is 20.8. The number of nitrogens with one attached hydrogen (secondary N) is 3. The predicted molar refractivity (Wildman–Crippen MR) is 165 cm³/mol. The van der Waals surface area contributed by atoms with Gasteiger partial charge in [-0.1, -0.05) is 66.3 Å². The quantitative estimate of drug-likeness (QED) is 0.209. The molecule has 8 nitrogen and oxygen atoms in total. The molecule has 43 heavy (non-hydrogen) atoms. The molecule has 2 aromatic rings. The van der Waals surface area contributed by atoms with Gasteiger partial charge in [0.15, 0.2) is 0 Å². The van der Waals surface area contributed by atoms with Gasteiger partial charge in [0.2, 0.25) is 17.7 Å². The minimum absolute atomic E-state index is 0.0519. The lowest BCUT2D eigenvalue weighted by atomic mass is 9.72. The first-order valence-corrected chi connectivity index (χ1v) is 14.3.